The normalized spacial score (nSPS) is 14.3. The highest BCUT2D eigenvalue weighted by molar-refractivity contribution is 5.86. The Morgan fingerprint density at radius 1 is 1.21 bits per heavy atom. The average Bonchev–Trinajstić information content (AvgIpc) is 2.02. The van der Waals surface area contributed by atoms with Crippen molar-refractivity contribution >= 4 is 11.8 Å². The van der Waals surface area contributed by atoms with E-state index in [1.807, 2.05) is 6.92 Å². The third kappa shape index (κ3) is 5.56. The van der Waals surface area contributed by atoms with Crippen LogP contribution in [0.15, 0.2) is 0 Å². The van der Waals surface area contributed by atoms with E-state index in [9.17, 15) is 9.59 Å². The van der Waals surface area contributed by atoms with Crippen LogP contribution in [0.4, 0.5) is 0 Å². The quantitative estimate of drug-likeness (QED) is 0.690. The van der Waals surface area contributed by atoms with E-state index in [-0.39, 0.29) is 17.9 Å². The van der Waals surface area contributed by atoms with E-state index in [1.165, 1.54) is 6.92 Å². The summed E-state index contributed by atoms with van der Waals surface area (Å²) in [6, 6.07) is -0.282. The van der Waals surface area contributed by atoms with Gasteiger partial charge in [0, 0.05) is 13.0 Å². The predicted molar refractivity (Wildman–Crippen MR) is 55.8 cm³/mol. The van der Waals surface area contributed by atoms with Crippen LogP contribution in [0.5, 0.6) is 0 Å². The summed E-state index contributed by atoms with van der Waals surface area (Å²) in [6.07, 6.45) is 1.99. The molecule has 0 aliphatic heterocycles. The van der Waals surface area contributed by atoms with Crippen molar-refractivity contribution < 1.29 is 9.59 Å². The summed E-state index contributed by atoms with van der Waals surface area (Å²) < 4.78 is 0. The van der Waals surface area contributed by atoms with Gasteiger partial charge in [-0.2, -0.15) is 0 Å². The molecule has 0 aromatic carbocycles. The lowest BCUT2D eigenvalue weighted by Gasteiger charge is -2.17. The molecule has 4 nitrogen and oxygen atoms in total. The van der Waals surface area contributed by atoms with Crippen LogP contribution in [-0.2, 0) is 9.59 Å². The topological polar surface area (TPSA) is 58.2 Å². The second-order valence-corrected chi connectivity index (χ2v) is 3.62. The lowest BCUT2D eigenvalue weighted by Crippen LogP contribution is -2.46. The van der Waals surface area contributed by atoms with Gasteiger partial charge in [0.1, 0.15) is 6.04 Å². The maximum atomic E-state index is 11.4. The predicted octanol–water partition coefficient (Wildman–Crippen LogP) is 0.816. The Labute approximate surface area is 85.4 Å². The lowest BCUT2D eigenvalue weighted by atomic mass is 10.2. The van der Waals surface area contributed by atoms with Crippen molar-refractivity contribution in [2.45, 2.75) is 52.6 Å². The molecule has 0 radical (unpaired) electrons. The van der Waals surface area contributed by atoms with E-state index in [1.54, 1.807) is 6.92 Å². The van der Waals surface area contributed by atoms with Gasteiger partial charge < -0.3 is 10.6 Å². The molecule has 2 amide bonds. The van der Waals surface area contributed by atoms with Gasteiger partial charge in [-0.1, -0.05) is 13.3 Å². The van der Waals surface area contributed by atoms with Crippen LogP contribution in [0, 0.1) is 0 Å². The summed E-state index contributed by atoms with van der Waals surface area (Å²) >= 11 is 0. The number of rotatable bonds is 5. The van der Waals surface area contributed by atoms with Gasteiger partial charge in [0.15, 0.2) is 0 Å². The molecule has 4 heteroatoms. The van der Waals surface area contributed by atoms with Crippen molar-refractivity contribution in [2.24, 2.45) is 0 Å². The molecule has 0 rings (SSSR count). The zero-order valence-corrected chi connectivity index (χ0v) is 9.39. The molecule has 14 heavy (non-hydrogen) atoms. The molecule has 0 aliphatic carbocycles. The third-order valence-electron chi connectivity index (χ3n) is 1.92. The number of carbonyl (C=O) groups is 2. The summed E-state index contributed by atoms with van der Waals surface area (Å²) in [6.45, 7) is 7.11. The Morgan fingerprint density at radius 3 is 2.21 bits per heavy atom. The zero-order chi connectivity index (χ0) is 11.1. The molecular weight excluding hydrogens is 180 g/mol. The van der Waals surface area contributed by atoms with E-state index < -0.39 is 6.04 Å². The largest absolute Gasteiger partial charge is 0.352 e. The SMILES string of the molecule is CCCC(C)NC(=O)C(C)NC(C)=O. The molecule has 0 saturated carbocycles. The second kappa shape index (κ2) is 6.40. The first-order valence-corrected chi connectivity index (χ1v) is 5.04. The Morgan fingerprint density at radius 2 is 1.79 bits per heavy atom. The van der Waals surface area contributed by atoms with Crippen molar-refractivity contribution in [3.05, 3.63) is 0 Å². The highest BCUT2D eigenvalue weighted by Gasteiger charge is 2.14. The van der Waals surface area contributed by atoms with Crippen LogP contribution in [0.25, 0.3) is 0 Å². The molecule has 0 aliphatic rings. The molecule has 0 fully saturated rings. The minimum atomic E-state index is -0.452. The van der Waals surface area contributed by atoms with Crippen molar-refractivity contribution in [3.63, 3.8) is 0 Å². The van der Waals surface area contributed by atoms with Gasteiger partial charge in [-0.3, -0.25) is 9.59 Å². The first-order valence-electron chi connectivity index (χ1n) is 5.04. The van der Waals surface area contributed by atoms with Gasteiger partial charge in [-0.25, -0.2) is 0 Å². The zero-order valence-electron chi connectivity index (χ0n) is 9.39. The van der Waals surface area contributed by atoms with Crippen molar-refractivity contribution in [1.29, 1.82) is 0 Å². The third-order valence-corrected chi connectivity index (χ3v) is 1.92. The monoisotopic (exact) mass is 200 g/mol. The maximum absolute atomic E-state index is 11.4. The van der Waals surface area contributed by atoms with E-state index in [0.29, 0.717) is 0 Å². The molecule has 2 atom stereocenters. The summed E-state index contributed by atoms with van der Waals surface area (Å²) in [5, 5.41) is 5.37. The Kier molecular flexibility index (Phi) is 5.92. The fourth-order valence-electron chi connectivity index (χ4n) is 1.24. The highest BCUT2D eigenvalue weighted by atomic mass is 16.2. The molecule has 2 unspecified atom stereocenters. The molecule has 0 aromatic rings. The van der Waals surface area contributed by atoms with Crippen LogP contribution in [0.1, 0.15) is 40.5 Å². The Bertz CT molecular complexity index is 204. The Balaban J connectivity index is 3.88. The Hall–Kier alpha value is -1.06. The molecule has 0 heterocycles. The number of carbonyl (C=O) groups excluding carboxylic acids is 2. The molecule has 2 N–H and O–H groups in total. The van der Waals surface area contributed by atoms with E-state index in [2.05, 4.69) is 17.6 Å². The van der Waals surface area contributed by atoms with Gasteiger partial charge in [0.25, 0.3) is 0 Å². The van der Waals surface area contributed by atoms with E-state index in [4.69, 9.17) is 0 Å². The van der Waals surface area contributed by atoms with Gasteiger partial charge in [0.2, 0.25) is 11.8 Å². The maximum Gasteiger partial charge on any atom is 0.242 e. The molecule has 0 bridgehead atoms. The van der Waals surface area contributed by atoms with Crippen LogP contribution in [-0.4, -0.2) is 23.9 Å². The molecule has 0 aromatic heterocycles. The minimum Gasteiger partial charge on any atom is -0.352 e. The lowest BCUT2D eigenvalue weighted by molar-refractivity contribution is -0.128. The van der Waals surface area contributed by atoms with Crippen LogP contribution in [0.2, 0.25) is 0 Å². The summed E-state index contributed by atoms with van der Waals surface area (Å²) in [5.41, 5.74) is 0. The summed E-state index contributed by atoms with van der Waals surface area (Å²) in [7, 11) is 0. The fraction of sp³-hybridized carbons (Fsp3) is 0.800. The van der Waals surface area contributed by atoms with Crippen molar-refractivity contribution in [3.8, 4) is 0 Å². The smallest absolute Gasteiger partial charge is 0.242 e. The van der Waals surface area contributed by atoms with Crippen LogP contribution >= 0.6 is 0 Å². The number of amides is 2. The summed E-state index contributed by atoms with van der Waals surface area (Å²) in [4.78, 5) is 22.1. The van der Waals surface area contributed by atoms with Gasteiger partial charge >= 0.3 is 0 Å². The van der Waals surface area contributed by atoms with Crippen LogP contribution < -0.4 is 10.6 Å². The fourth-order valence-corrected chi connectivity index (χ4v) is 1.24. The first kappa shape index (κ1) is 12.9. The second-order valence-electron chi connectivity index (χ2n) is 3.62. The summed E-state index contributed by atoms with van der Waals surface area (Å²) in [5.74, 6) is -0.308. The minimum absolute atomic E-state index is 0.124. The number of hydrogen-bond acceptors (Lipinski definition) is 2. The molecule has 0 spiro atoms. The van der Waals surface area contributed by atoms with Gasteiger partial charge in [0.05, 0.1) is 0 Å². The molecule has 0 saturated heterocycles. The van der Waals surface area contributed by atoms with Crippen molar-refractivity contribution in [2.75, 3.05) is 0 Å². The standard InChI is InChI=1S/C10H20N2O2/c1-5-6-7(2)11-10(14)8(3)12-9(4)13/h7-8H,5-6H2,1-4H3,(H,11,14)(H,12,13). The van der Waals surface area contributed by atoms with Crippen molar-refractivity contribution in [1.82, 2.24) is 10.6 Å². The average molecular weight is 200 g/mol. The highest BCUT2D eigenvalue weighted by Crippen LogP contribution is 1.95. The van der Waals surface area contributed by atoms with E-state index in [0.717, 1.165) is 12.8 Å². The number of hydrogen-bond donors (Lipinski definition) is 2. The number of nitrogens with one attached hydrogen (secondary N) is 2. The van der Waals surface area contributed by atoms with Gasteiger partial charge in [-0.05, 0) is 20.3 Å². The van der Waals surface area contributed by atoms with Crippen LogP contribution in [0.3, 0.4) is 0 Å². The first-order chi connectivity index (χ1) is 6.47. The molecular formula is C10H20N2O2. The molecule has 82 valence electrons. The van der Waals surface area contributed by atoms with E-state index >= 15 is 0 Å². The van der Waals surface area contributed by atoms with Gasteiger partial charge in [-0.15, -0.1) is 0 Å².